The minimum Gasteiger partial charge on any atom is -0.465 e. The third-order valence-electron chi connectivity index (χ3n) is 11.1. The fraction of sp³-hybridized carbons (Fsp3) is 0.865. The minimum absolute atomic E-state index is 0.00478. The second kappa shape index (κ2) is 48.0. The smallest absolute Gasteiger partial charge is 0.465 e. The first kappa shape index (κ1) is 59.6. The van der Waals surface area contributed by atoms with Crippen LogP contribution in [0.4, 0.5) is 4.79 Å². The Morgan fingerprint density at radius 1 is 0.452 bits per heavy atom. The largest absolute Gasteiger partial charge is 0.508 e. The molecule has 0 aromatic heterocycles. The van der Waals surface area contributed by atoms with E-state index >= 15 is 0 Å². The number of rotatable bonds is 47. The van der Waals surface area contributed by atoms with E-state index < -0.39 is 12.1 Å². The number of carbonyl (C=O) groups excluding carboxylic acids is 3. The van der Waals surface area contributed by atoms with Gasteiger partial charge in [-0.25, -0.2) is 4.79 Å². The Kier molecular flexibility index (Phi) is 46.2. The standard InChI is InChI=1S/C52H97NO9/c1-6-11-14-17-20-21-22-23-24-25-26-27-28-29-32-38-49(54)60-45-48(47-62-52(56)59-44-37-41-53(9-4)10-5)46-61-50(55)39-33-34-40-51(57-42-35-30-18-15-12-7-2)58-43-36-31-19-16-13-8-3/h20-21,23-24,48,51H,6-19,22,25-47H2,1-5H3/b21-20-,24-23-. The molecule has 0 aliphatic rings. The predicted octanol–water partition coefficient (Wildman–Crippen LogP) is 14.0. The van der Waals surface area contributed by atoms with Gasteiger partial charge in [-0.1, -0.05) is 155 Å². The molecule has 0 bridgehead atoms. The van der Waals surface area contributed by atoms with Gasteiger partial charge in [0.05, 0.1) is 12.5 Å². The molecule has 0 aliphatic carbocycles. The van der Waals surface area contributed by atoms with E-state index in [0.717, 1.165) is 90.3 Å². The number of hydrogen-bond donors (Lipinski definition) is 0. The molecule has 0 aromatic rings. The Hall–Kier alpha value is -2.43. The van der Waals surface area contributed by atoms with Crippen LogP contribution in [0.1, 0.15) is 221 Å². The molecule has 364 valence electrons. The van der Waals surface area contributed by atoms with Crippen LogP contribution in [-0.2, 0) is 38.0 Å². The van der Waals surface area contributed by atoms with Gasteiger partial charge in [0.25, 0.3) is 0 Å². The first-order valence-corrected chi connectivity index (χ1v) is 25.8. The summed E-state index contributed by atoms with van der Waals surface area (Å²) >= 11 is 0. The van der Waals surface area contributed by atoms with E-state index in [1.165, 1.54) is 89.9 Å². The van der Waals surface area contributed by atoms with Gasteiger partial charge in [-0.15, -0.1) is 0 Å². The summed E-state index contributed by atoms with van der Waals surface area (Å²) in [5.41, 5.74) is 0. The van der Waals surface area contributed by atoms with Crippen LogP contribution >= 0.6 is 0 Å². The van der Waals surface area contributed by atoms with Crippen LogP contribution in [0.2, 0.25) is 0 Å². The summed E-state index contributed by atoms with van der Waals surface area (Å²) in [6, 6.07) is 0. The van der Waals surface area contributed by atoms with E-state index in [-0.39, 0.29) is 51.1 Å². The summed E-state index contributed by atoms with van der Waals surface area (Å²) in [6.07, 6.45) is 38.3. The summed E-state index contributed by atoms with van der Waals surface area (Å²) in [7, 11) is 0. The molecule has 0 aromatic carbocycles. The summed E-state index contributed by atoms with van der Waals surface area (Å²) < 4.78 is 34.2. The molecule has 0 radical (unpaired) electrons. The molecular formula is C52H97NO9. The summed E-state index contributed by atoms with van der Waals surface area (Å²) in [5.74, 6) is -1.12. The Morgan fingerprint density at radius 2 is 0.903 bits per heavy atom. The van der Waals surface area contributed by atoms with Crippen LogP contribution in [0.5, 0.6) is 0 Å². The molecule has 62 heavy (non-hydrogen) atoms. The number of carbonyl (C=O) groups is 3. The van der Waals surface area contributed by atoms with E-state index in [2.05, 4.69) is 63.8 Å². The first-order chi connectivity index (χ1) is 30.4. The molecule has 0 saturated heterocycles. The topological polar surface area (TPSA) is 110 Å². The fourth-order valence-corrected chi connectivity index (χ4v) is 6.99. The van der Waals surface area contributed by atoms with E-state index in [9.17, 15) is 14.4 Å². The quantitative estimate of drug-likeness (QED) is 0.0193. The van der Waals surface area contributed by atoms with Crippen molar-refractivity contribution in [2.45, 2.75) is 227 Å². The Bertz CT molecular complexity index is 1030. The molecular weight excluding hydrogens is 783 g/mol. The molecule has 0 rings (SSSR count). The maximum atomic E-state index is 12.8. The molecule has 0 heterocycles. The molecule has 0 saturated carbocycles. The van der Waals surface area contributed by atoms with Gasteiger partial charge in [0.2, 0.25) is 0 Å². The maximum absolute atomic E-state index is 12.8. The monoisotopic (exact) mass is 880 g/mol. The van der Waals surface area contributed by atoms with Crippen molar-refractivity contribution in [2.24, 2.45) is 5.92 Å². The molecule has 1 unspecified atom stereocenters. The van der Waals surface area contributed by atoms with Gasteiger partial charge >= 0.3 is 18.1 Å². The molecule has 0 fully saturated rings. The van der Waals surface area contributed by atoms with Crippen molar-refractivity contribution in [3.63, 3.8) is 0 Å². The lowest BCUT2D eigenvalue weighted by atomic mass is 10.1. The zero-order chi connectivity index (χ0) is 45.4. The highest BCUT2D eigenvalue weighted by Crippen LogP contribution is 2.15. The van der Waals surface area contributed by atoms with Gasteiger partial charge in [0.1, 0.15) is 19.8 Å². The van der Waals surface area contributed by atoms with E-state index in [0.29, 0.717) is 32.5 Å². The van der Waals surface area contributed by atoms with Crippen LogP contribution in [0.25, 0.3) is 0 Å². The molecule has 0 spiro atoms. The van der Waals surface area contributed by atoms with Crippen LogP contribution in [0.15, 0.2) is 24.3 Å². The third-order valence-corrected chi connectivity index (χ3v) is 11.1. The highest BCUT2D eigenvalue weighted by molar-refractivity contribution is 5.69. The van der Waals surface area contributed by atoms with Gasteiger partial charge in [-0.3, -0.25) is 9.59 Å². The van der Waals surface area contributed by atoms with Crippen molar-refractivity contribution in [2.75, 3.05) is 59.3 Å². The number of ether oxygens (including phenoxy) is 6. The number of hydrogen-bond acceptors (Lipinski definition) is 10. The summed E-state index contributed by atoms with van der Waals surface area (Å²) in [5, 5.41) is 0. The van der Waals surface area contributed by atoms with Crippen LogP contribution in [-0.4, -0.2) is 88.6 Å². The lowest BCUT2D eigenvalue weighted by Crippen LogP contribution is -2.27. The number of nitrogens with zero attached hydrogens (tertiary/aromatic N) is 1. The van der Waals surface area contributed by atoms with E-state index in [4.69, 9.17) is 28.4 Å². The van der Waals surface area contributed by atoms with Crippen molar-refractivity contribution in [1.29, 1.82) is 0 Å². The van der Waals surface area contributed by atoms with E-state index in [1.807, 2.05) is 0 Å². The van der Waals surface area contributed by atoms with Crippen molar-refractivity contribution in [3.8, 4) is 0 Å². The predicted molar refractivity (Wildman–Crippen MR) is 255 cm³/mol. The number of unbranched alkanes of at least 4 members (excludes halogenated alkanes) is 19. The summed E-state index contributed by atoms with van der Waals surface area (Å²) in [6.45, 7) is 15.2. The molecule has 1 atom stereocenters. The lowest BCUT2D eigenvalue weighted by molar-refractivity contribution is -0.152. The Balaban J connectivity index is 4.75. The average molecular weight is 880 g/mol. The van der Waals surface area contributed by atoms with Crippen LogP contribution < -0.4 is 0 Å². The van der Waals surface area contributed by atoms with Gasteiger partial charge in [0.15, 0.2) is 6.29 Å². The molecule has 0 amide bonds. The fourth-order valence-electron chi connectivity index (χ4n) is 6.99. The van der Waals surface area contributed by atoms with Crippen molar-refractivity contribution in [3.05, 3.63) is 24.3 Å². The van der Waals surface area contributed by atoms with Gasteiger partial charge in [-0.2, -0.15) is 0 Å². The number of allylic oxidation sites excluding steroid dienone is 4. The van der Waals surface area contributed by atoms with Gasteiger partial charge < -0.3 is 33.3 Å². The van der Waals surface area contributed by atoms with Crippen molar-refractivity contribution in [1.82, 2.24) is 4.90 Å². The summed E-state index contributed by atoms with van der Waals surface area (Å²) in [4.78, 5) is 40.1. The first-order valence-electron chi connectivity index (χ1n) is 25.8. The molecule has 0 N–H and O–H groups in total. The average Bonchev–Trinajstić information content (AvgIpc) is 3.27. The Labute approximate surface area is 381 Å². The van der Waals surface area contributed by atoms with Crippen molar-refractivity contribution >= 4 is 18.1 Å². The second-order valence-electron chi connectivity index (χ2n) is 17.0. The zero-order valence-electron chi connectivity index (χ0n) is 41.0. The van der Waals surface area contributed by atoms with E-state index in [1.54, 1.807) is 0 Å². The Morgan fingerprint density at radius 3 is 1.45 bits per heavy atom. The molecule has 10 nitrogen and oxygen atoms in total. The molecule has 10 heteroatoms. The van der Waals surface area contributed by atoms with Crippen LogP contribution in [0.3, 0.4) is 0 Å². The lowest BCUT2D eigenvalue weighted by Gasteiger charge is -2.19. The normalized spacial score (nSPS) is 12.2. The maximum Gasteiger partial charge on any atom is 0.508 e. The number of esters is 2. The minimum atomic E-state index is -0.774. The SMILES string of the molecule is CCCCC/C=C\C/C=C\CCCCCCCC(=O)OCC(COC(=O)CCCCC(OCCCCCCCC)OCCCCCCCC)COC(=O)OCCCN(CC)CC. The van der Waals surface area contributed by atoms with Crippen LogP contribution in [0, 0.1) is 5.92 Å². The zero-order valence-corrected chi connectivity index (χ0v) is 41.0. The van der Waals surface area contributed by atoms with Gasteiger partial charge in [0, 0.05) is 32.6 Å². The highest BCUT2D eigenvalue weighted by atomic mass is 16.7. The highest BCUT2D eigenvalue weighted by Gasteiger charge is 2.19. The second-order valence-corrected chi connectivity index (χ2v) is 17.0. The third kappa shape index (κ3) is 42.9. The molecule has 0 aliphatic heterocycles. The van der Waals surface area contributed by atoms with Gasteiger partial charge in [-0.05, 0) is 90.1 Å². The van der Waals surface area contributed by atoms with Crippen molar-refractivity contribution < 1.29 is 42.8 Å².